The lowest BCUT2D eigenvalue weighted by Gasteiger charge is -2.12. The largest absolute Gasteiger partial charge is 0.353 e. The van der Waals surface area contributed by atoms with Gasteiger partial charge in [-0.05, 0) is 25.0 Å². The summed E-state index contributed by atoms with van der Waals surface area (Å²) in [7, 11) is 0. The molecule has 0 unspecified atom stereocenters. The van der Waals surface area contributed by atoms with Crippen LogP contribution in [-0.2, 0) is 0 Å². The average Bonchev–Trinajstić information content (AvgIpc) is 2.82. The van der Waals surface area contributed by atoms with Crippen LogP contribution in [0.4, 0.5) is 5.95 Å². The van der Waals surface area contributed by atoms with Gasteiger partial charge in [-0.2, -0.15) is 0 Å². The number of nitrogens with one attached hydrogen (secondary N) is 2. The second-order valence-electron chi connectivity index (χ2n) is 4.56. The molecule has 1 saturated carbocycles. The second-order valence-corrected chi connectivity index (χ2v) is 4.56. The van der Waals surface area contributed by atoms with Gasteiger partial charge in [0.25, 0.3) is 5.56 Å². The van der Waals surface area contributed by atoms with Crippen LogP contribution in [0.25, 0.3) is 10.9 Å². The van der Waals surface area contributed by atoms with Gasteiger partial charge >= 0.3 is 0 Å². The van der Waals surface area contributed by atoms with Gasteiger partial charge in [-0.15, -0.1) is 0 Å². The average molecular weight is 229 g/mol. The summed E-state index contributed by atoms with van der Waals surface area (Å²) >= 11 is 0. The van der Waals surface area contributed by atoms with Crippen LogP contribution in [0, 0.1) is 0 Å². The molecule has 17 heavy (non-hydrogen) atoms. The van der Waals surface area contributed by atoms with Crippen molar-refractivity contribution in [2.45, 2.75) is 31.7 Å². The molecule has 2 aromatic rings. The number of hydrogen-bond acceptors (Lipinski definition) is 3. The summed E-state index contributed by atoms with van der Waals surface area (Å²) < 4.78 is 0. The molecule has 4 nitrogen and oxygen atoms in total. The highest BCUT2D eigenvalue weighted by molar-refractivity contribution is 5.78. The van der Waals surface area contributed by atoms with Crippen LogP contribution in [0.1, 0.15) is 25.7 Å². The van der Waals surface area contributed by atoms with Crippen LogP contribution >= 0.6 is 0 Å². The molecule has 0 bridgehead atoms. The van der Waals surface area contributed by atoms with Gasteiger partial charge < -0.3 is 5.32 Å². The Morgan fingerprint density at radius 2 is 2.00 bits per heavy atom. The maximum absolute atomic E-state index is 11.8. The lowest BCUT2D eigenvalue weighted by Crippen LogP contribution is -2.20. The molecule has 0 spiro atoms. The van der Waals surface area contributed by atoms with Crippen LogP contribution < -0.4 is 10.9 Å². The van der Waals surface area contributed by atoms with Crippen LogP contribution in [-0.4, -0.2) is 16.0 Å². The minimum atomic E-state index is -0.0731. The van der Waals surface area contributed by atoms with E-state index in [0.717, 1.165) is 18.4 Å². The summed E-state index contributed by atoms with van der Waals surface area (Å²) in [6, 6.07) is 7.86. The molecule has 0 radical (unpaired) electrons. The molecule has 0 aliphatic heterocycles. The highest BCUT2D eigenvalue weighted by Gasteiger charge is 2.15. The Hall–Kier alpha value is -1.84. The Kier molecular flexibility index (Phi) is 2.55. The molecule has 1 aromatic heterocycles. The molecule has 1 aromatic carbocycles. The molecule has 4 heteroatoms. The third-order valence-electron chi connectivity index (χ3n) is 3.31. The van der Waals surface area contributed by atoms with E-state index in [4.69, 9.17) is 0 Å². The van der Waals surface area contributed by atoms with Gasteiger partial charge in [0.05, 0.1) is 10.9 Å². The first-order valence-corrected chi connectivity index (χ1v) is 6.08. The zero-order chi connectivity index (χ0) is 11.7. The Labute approximate surface area is 99.1 Å². The number of anilines is 1. The van der Waals surface area contributed by atoms with Gasteiger partial charge in [-0.1, -0.05) is 25.0 Å². The van der Waals surface area contributed by atoms with Gasteiger partial charge in [0.1, 0.15) is 0 Å². The molecule has 3 rings (SSSR count). The van der Waals surface area contributed by atoms with Gasteiger partial charge in [0.2, 0.25) is 5.95 Å². The van der Waals surface area contributed by atoms with Gasteiger partial charge in [-0.25, -0.2) is 4.98 Å². The summed E-state index contributed by atoms with van der Waals surface area (Å²) in [5.74, 6) is 0.598. The standard InChI is InChI=1S/C13H15N3O/c17-12-10-7-3-4-8-11(10)15-13(16-12)14-9-5-1-2-6-9/h3-4,7-9H,1-2,5-6H2,(H2,14,15,16,17). The number of aromatic amines is 1. The smallest absolute Gasteiger partial charge is 0.260 e. The monoisotopic (exact) mass is 229 g/mol. The molecule has 88 valence electrons. The van der Waals surface area contributed by atoms with Crippen molar-refractivity contribution < 1.29 is 0 Å². The van der Waals surface area contributed by atoms with E-state index in [9.17, 15) is 4.79 Å². The van der Waals surface area contributed by atoms with Crippen LogP contribution in [0.2, 0.25) is 0 Å². The van der Waals surface area contributed by atoms with Crippen molar-refractivity contribution in [2.24, 2.45) is 0 Å². The van der Waals surface area contributed by atoms with Crippen molar-refractivity contribution in [2.75, 3.05) is 5.32 Å². The number of benzene rings is 1. The summed E-state index contributed by atoms with van der Waals surface area (Å²) in [5.41, 5.74) is 0.674. The summed E-state index contributed by atoms with van der Waals surface area (Å²) in [6.07, 6.45) is 4.85. The van der Waals surface area contributed by atoms with Crippen LogP contribution in [0.5, 0.6) is 0 Å². The summed E-state index contributed by atoms with van der Waals surface area (Å²) in [6.45, 7) is 0. The van der Waals surface area contributed by atoms with E-state index in [1.165, 1.54) is 12.8 Å². The number of para-hydroxylation sites is 1. The predicted molar refractivity (Wildman–Crippen MR) is 68.2 cm³/mol. The zero-order valence-electron chi connectivity index (χ0n) is 9.57. The van der Waals surface area contributed by atoms with E-state index in [1.807, 2.05) is 18.2 Å². The van der Waals surface area contributed by atoms with E-state index in [1.54, 1.807) is 6.07 Å². The minimum absolute atomic E-state index is 0.0731. The van der Waals surface area contributed by atoms with Crippen molar-refractivity contribution in [3.8, 4) is 0 Å². The Morgan fingerprint density at radius 1 is 1.24 bits per heavy atom. The summed E-state index contributed by atoms with van der Waals surface area (Å²) in [4.78, 5) is 19.1. The molecule has 0 atom stereocenters. The summed E-state index contributed by atoms with van der Waals surface area (Å²) in [5, 5.41) is 3.95. The molecule has 0 saturated heterocycles. The molecule has 1 fully saturated rings. The fourth-order valence-electron chi connectivity index (χ4n) is 2.42. The van der Waals surface area contributed by atoms with Crippen LogP contribution in [0.15, 0.2) is 29.1 Å². The number of nitrogens with zero attached hydrogens (tertiary/aromatic N) is 1. The quantitative estimate of drug-likeness (QED) is 0.830. The first-order valence-electron chi connectivity index (χ1n) is 6.08. The SMILES string of the molecule is O=c1[nH]c(NC2CCCC2)nc2ccccc12. The molecule has 1 aliphatic carbocycles. The molecular weight excluding hydrogens is 214 g/mol. The number of aromatic nitrogens is 2. The maximum atomic E-state index is 11.8. The van der Waals surface area contributed by atoms with Gasteiger partial charge in [0, 0.05) is 6.04 Å². The normalized spacial score (nSPS) is 16.5. The Morgan fingerprint density at radius 3 is 2.82 bits per heavy atom. The Balaban J connectivity index is 1.97. The van der Waals surface area contributed by atoms with E-state index in [0.29, 0.717) is 17.4 Å². The van der Waals surface area contributed by atoms with Crippen molar-refractivity contribution in [3.63, 3.8) is 0 Å². The highest BCUT2D eigenvalue weighted by atomic mass is 16.1. The van der Waals surface area contributed by atoms with Gasteiger partial charge in [-0.3, -0.25) is 9.78 Å². The lowest BCUT2D eigenvalue weighted by atomic mass is 10.2. The predicted octanol–water partition coefficient (Wildman–Crippen LogP) is 2.28. The second kappa shape index (κ2) is 4.20. The third-order valence-corrected chi connectivity index (χ3v) is 3.31. The first-order chi connectivity index (χ1) is 8.33. The van der Waals surface area contributed by atoms with E-state index >= 15 is 0 Å². The number of fused-ring (bicyclic) bond motifs is 1. The lowest BCUT2D eigenvalue weighted by molar-refractivity contribution is 0.744. The fraction of sp³-hybridized carbons (Fsp3) is 0.385. The fourth-order valence-corrected chi connectivity index (χ4v) is 2.42. The van der Waals surface area contributed by atoms with Crippen molar-refractivity contribution in [1.82, 2.24) is 9.97 Å². The Bertz CT molecular complexity index is 584. The number of hydrogen-bond donors (Lipinski definition) is 2. The third kappa shape index (κ3) is 2.02. The number of rotatable bonds is 2. The minimum Gasteiger partial charge on any atom is -0.353 e. The zero-order valence-corrected chi connectivity index (χ0v) is 9.57. The molecule has 2 N–H and O–H groups in total. The molecule has 1 heterocycles. The maximum Gasteiger partial charge on any atom is 0.260 e. The topological polar surface area (TPSA) is 57.8 Å². The first kappa shape index (κ1) is 10.3. The molecule has 0 amide bonds. The van der Waals surface area contributed by atoms with Crippen molar-refractivity contribution >= 4 is 16.9 Å². The van der Waals surface area contributed by atoms with E-state index in [-0.39, 0.29) is 5.56 Å². The van der Waals surface area contributed by atoms with E-state index in [2.05, 4.69) is 15.3 Å². The molecule has 1 aliphatic rings. The van der Waals surface area contributed by atoms with Crippen molar-refractivity contribution in [1.29, 1.82) is 0 Å². The van der Waals surface area contributed by atoms with E-state index < -0.39 is 0 Å². The molecular formula is C13H15N3O. The van der Waals surface area contributed by atoms with Crippen LogP contribution in [0.3, 0.4) is 0 Å². The number of H-pyrrole nitrogens is 1. The highest BCUT2D eigenvalue weighted by Crippen LogP contribution is 2.20. The van der Waals surface area contributed by atoms with Crippen molar-refractivity contribution in [3.05, 3.63) is 34.6 Å². The van der Waals surface area contributed by atoms with Gasteiger partial charge in [0.15, 0.2) is 0 Å².